The zero-order valence-electron chi connectivity index (χ0n) is 10.6. The maximum Gasteiger partial charge on any atom is 0.205 e. The summed E-state index contributed by atoms with van der Waals surface area (Å²) in [4.78, 5) is 6.85. The molecule has 0 unspecified atom stereocenters. The lowest BCUT2D eigenvalue weighted by atomic mass is 10.2. The summed E-state index contributed by atoms with van der Waals surface area (Å²) in [7, 11) is 0. The van der Waals surface area contributed by atoms with Crippen LogP contribution in [0.4, 0.5) is 5.13 Å². The molecular weight excluding hydrogens is 220 g/mol. The summed E-state index contributed by atoms with van der Waals surface area (Å²) in [6.07, 6.45) is 0.995. The van der Waals surface area contributed by atoms with Gasteiger partial charge in [-0.05, 0) is 26.8 Å². The monoisotopic (exact) mass is 242 g/mol. The zero-order chi connectivity index (χ0) is 12.1. The van der Waals surface area contributed by atoms with Crippen LogP contribution in [-0.4, -0.2) is 28.5 Å². The van der Waals surface area contributed by atoms with Crippen molar-refractivity contribution in [3.63, 3.8) is 0 Å². The van der Waals surface area contributed by atoms with Gasteiger partial charge >= 0.3 is 0 Å². The molecule has 0 aromatic carbocycles. The quantitative estimate of drug-likeness (QED) is 0.831. The normalized spacial score (nSPS) is 11.4. The molecule has 0 spiro atoms. The molecule has 0 saturated carbocycles. The van der Waals surface area contributed by atoms with Crippen LogP contribution in [0.3, 0.4) is 0 Å². The van der Waals surface area contributed by atoms with E-state index in [9.17, 15) is 0 Å². The summed E-state index contributed by atoms with van der Waals surface area (Å²) in [6, 6.07) is 0.444. The van der Waals surface area contributed by atoms with E-state index in [1.165, 1.54) is 11.5 Å². The van der Waals surface area contributed by atoms with Crippen molar-refractivity contribution < 1.29 is 0 Å². The summed E-state index contributed by atoms with van der Waals surface area (Å²) >= 11 is 1.49. The van der Waals surface area contributed by atoms with E-state index < -0.39 is 0 Å². The van der Waals surface area contributed by atoms with Gasteiger partial charge in [0, 0.05) is 30.0 Å². The van der Waals surface area contributed by atoms with Crippen molar-refractivity contribution in [2.75, 3.05) is 18.0 Å². The lowest BCUT2D eigenvalue weighted by molar-refractivity contribution is 0.652. The first-order valence-corrected chi connectivity index (χ1v) is 6.64. The molecule has 2 N–H and O–H groups in total. The van der Waals surface area contributed by atoms with E-state index in [2.05, 4.69) is 42.0 Å². The minimum absolute atomic E-state index is 0.397. The van der Waals surface area contributed by atoms with Gasteiger partial charge < -0.3 is 10.6 Å². The van der Waals surface area contributed by atoms with Gasteiger partial charge in [0.25, 0.3) is 0 Å². The first-order chi connectivity index (χ1) is 7.56. The van der Waals surface area contributed by atoms with Crippen LogP contribution in [0.5, 0.6) is 0 Å². The number of rotatable bonds is 6. The number of nitrogens with two attached hydrogens (primary N) is 1. The molecule has 0 amide bonds. The van der Waals surface area contributed by atoms with Crippen LogP contribution in [0.15, 0.2) is 0 Å². The highest BCUT2D eigenvalue weighted by Crippen LogP contribution is 2.23. The molecule has 0 saturated heterocycles. The second kappa shape index (κ2) is 6.15. The molecule has 0 aliphatic rings. The Bertz CT molecular complexity index is 309. The van der Waals surface area contributed by atoms with E-state index in [4.69, 9.17) is 5.73 Å². The van der Waals surface area contributed by atoms with Gasteiger partial charge in [0.05, 0.1) is 0 Å². The topological polar surface area (TPSA) is 55.0 Å². The first kappa shape index (κ1) is 13.4. The predicted molar refractivity (Wildman–Crippen MR) is 70.2 cm³/mol. The van der Waals surface area contributed by atoms with Gasteiger partial charge in [0.1, 0.15) is 5.82 Å². The molecule has 0 radical (unpaired) electrons. The van der Waals surface area contributed by atoms with Gasteiger partial charge in [-0.2, -0.15) is 4.37 Å². The van der Waals surface area contributed by atoms with Gasteiger partial charge in [0.2, 0.25) is 5.13 Å². The minimum atomic E-state index is 0.397. The van der Waals surface area contributed by atoms with E-state index in [1.807, 2.05) is 0 Å². The number of nitrogens with zero attached hydrogens (tertiary/aromatic N) is 3. The van der Waals surface area contributed by atoms with Crippen LogP contribution in [0.25, 0.3) is 0 Å². The van der Waals surface area contributed by atoms with Crippen molar-refractivity contribution in [1.82, 2.24) is 9.36 Å². The van der Waals surface area contributed by atoms with Crippen LogP contribution >= 0.6 is 11.5 Å². The third-order valence-corrected chi connectivity index (χ3v) is 3.19. The van der Waals surface area contributed by atoms with Crippen molar-refractivity contribution in [2.24, 2.45) is 5.73 Å². The van der Waals surface area contributed by atoms with Gasteiger partial charge in [-0.25, -0.2) is 4.98 Å². The van der Waals surface area contributed by atoms with Gasteiger partial charge in [-0.3, -0.25) is 0 Å². The smallest absolute Gasteiger partial charge is 0.205 e. The highest BCUT2D eigenvalue weighted by Gasteiger charge is 2.16. The molecule has 0 atom stereocenters. The summed E-state index contributed by atoms with van der Waals surface area (Å²) < 4.78 is 4.38. The molecule has 1 heterocycles. The van der Waals surface area contributed by atoms with Crippen LogP contribution in [0, 0.1) is 0 Å². The summed E-state index contributed by atoms with van der Waals surface area (Å²) in [6.45, 7) is 10.3. The molecule has 4 nitrogen and oxygen atoms in total. The Balaban J connectivity index is 2.76. The maximum atomic E-state index is 5.55. The van der Waals surface area contributed by atoms with Gasteiger partial charge in [-0.15, -0.1) is 0 Å². The summed E-state index contributed by atoms with van der Waals surface area (Å²) in [5, 5.41) is 1.02. The van der Waals surface area contributed by atoms with E-state index in [-0.39, 0.29) is 0 Å². The molecule has 1 rings (SSSR count). The van der Waals surface area contributed by atoms with Gasteiger partial charge in [0.15, 0.2) is 0 Å². The van der Waals surface area contributed by atoms with Crippen LogP contribution in [-0.2, 0) is 0 Å². The zero-order valence-corrected chi connectivity index (χ0v) is 11.4. The third-order valence-electron chi connectivity index (χ3n) is 2.42. The largest absolute Gasteiger partial charge is 0.344 e. The average molecular weight is 242 g/mol. The van der Waals surface area contributed by atoms with Gasteiger partial charge in [-0.1, -0.05) is 13.8 Å². The predicted octanol–water partition coefficient (Wildman–Crippen LogP) is 2.23. The fourth-order valence-electron chi connectivity index (χ4n) is 1.41. The lowest BCUT2D eigenvalue weighted by Crippen LogP contribution is -2.32. The summed E-state index contributed by atoms with van der Waals surface area (Å²) in [5.74, 6) is 1.34. The first-order valence-electron chi connectivity index (χ1n) is 5.86. The molecule has 1 aromatic rings. The van der Waals surface area contributed by atoms with Crippen molar-refractivity contribution in [3.8, 4) is 0 Å². The number of hydrogen-bond acceptors (Lipinski definition) is 5. The average Bonchev–Trinajstić information content (AvgIpc) is 2.67. The van der Waals surface area contributed by atoms with E-state index >= 15 is 0 Å². The van der Waals surface area contributed by atoms with Crippen molar-refractivity contribution in [3.05, 3.63) is 5.82 Å². The number of aromatic nitrogens is 2. The molecule has 0 aliphatic heterocycles. The fraction of sp³-hybridized carbons (Fsp3) is 0.818. The second-order valence-electron chi connectivity index (χ2n) is 4.52. The van der Waals surface area contributed by atoms with E-state index in [0.29, 0.717) is 12.0 Å². The molecular formula is C11H22N4S. The molecule has 5 heteroatoms. The molecule has 16 heavy (non-hydrogen) atoms. The van der Waals surface area contributed by atoms with Crippen molar-refractivity contribution in [2.45, 2.75) is 46.1 Å². The Morgan fingerprint density at radius 1 is 1.31 bits per heavy atom. The Kier molecular flexibility index (Phi) is 5.15. The lowest BCUT2D eigenvalue weighted by Gasteiger charge is -2.25. The standard InChI is InChI=1S/C11H22N4S/c1-8(2)10-13-11(16-14-10)15(9(3)4)7-5-6-12/h8-9H,5-7,12H2,1-4H3. The maximum absolute atomic E-state index is 5.55. The van der Waals surface area contributed by atoms with Crippen molar-refractivity contribution in [1.29, 1.82) is 0 Å². The highest BCUT2D eigenvalue weighted by atomic mass is 32.1. The molecule has 0 bridgehead atoms. The minimum Gasteiger partial charge on any atom is -0.344 e. The number of hydrogen-bond donors (Lipinski definition) is 1. The molecule has 1 aromatic heterocycles. The van der Waals surface area contributed by atoms with Crippen LogP contribution in [0.1, 0.15) is 45.9 Å². The van der Waals surface area contributed by atoms with E-state index in [0.717, 1.165) is 30.5 Å². The van der Waals surface area contributed by atoms with Crippen LogP contribution < -0.4 is 10.6 Å². The molecule has 0 fully saturated rings. The van der Waals surface area contributed by atoms with E-state index in [1.54, 1.807) is 0 Å². The third kappa shape index (κ3) is 3.42. The van der Waals surface area contributed by atoms with Crippen molar-refractivity contribution >= 4 is 16.7 Å². The molecule has 0 aliphatic carbocycles. The Morgan fingerprint density at radius 3 is 2.44 bits per heavy atom. The molecule has 92 valence electrons. The second-order valence-corrected chi connectivity index (χ2v) is 5.25. The Labute approximate surface area is 102 Å². The summed E-state index contributed by atoms with van der Waals surface area (Å²) in [5.41, 5.74) is 5.55. The number of anilines is 1. The fourth-order valence-corrected chi connectivity index (χ4v) is 2.38. The Morgan fingerprint density at radius 2 is 2.00 bits per heavy atom. The SMILES string of the molecule is CC(C)c1nsc(N(CCCN)C(C)C)n1. The van der Waals surface area contributed by atoms with Crippen LogP contribution in [0.2, 0.25) is 0 Å². The Hall–Kier alpha value is -0.680. The highest BCUT2D eigenvalue weighted by molar-refractivity contribution is 7.09.